The van der Waals surface area contributed by atoms with Crippen molar-refractivity contribution in [3.63, 3.8) is 0 Å². The fourth-order valence-corrected chi connectivity index (χ4v) is 3.42. The van der Waals surface area contributed by atoms with Crippen LogP contribution in [0, 0.1) is 0 Å². The van der Waals surface area contributed by atoms with Crippen LogP contribution >= 0.6 is 0 Å². The summed E-state index contributed by atoms with van der Waals surface area (Å²) in [5, 5.41) is 0. The molecule has 0 atom stereocenters. The van der Waals surface area contributed by atoms with Crippen LogP contribution in [-0.4, -0.2) is 16.1 Å². The molecule has 6 heteroatoms. The van der Waals surface area contributed by atoms with Gasteiger partial charge in [-0.1, -0.05) is 12.8 Å². The summed E-state index contributed by atoms with van der Waals surface area (Å²) >= 11 is 0. The Kier molecular flexibility index (Phi) is 3.24. The second-order valence-corrected chi connectivity index (χ2v) is 5.89. The van der Waals surface area contributed by atoms with Crippen molar-refractivity contribution in [1.82, 2.24) is 9.55 Å². The van der Waals surface area contributed by atoms with Gasteiger partial charge in [-0.25, -0.2) is 4.98 Å². The summed E-state index contributed by atoms with van der Waals surface area (Å²) in [7, 11) is 1.85. The Hall–Kier alpha value is -1.56. The van der Waals surface area contributed by atoms with E-state index in [9.17, 15) is 13.2 Å². The molecule has 1 aliphatic carbocycles. The highest BCUT2D eigenvalue weighted by molar-refractivity contribution is 5.77. The first-order chi connectivity index (χ1) is 9.87. The van der Waals surface area contributed by atoms with Crippen molar-refractivity contribution in [1.29, 1.82) is 0 Å². The highest BCUT2D eigenvalue weighted by atomic mass is 19.4. The molecule has 0 spiro atoms. The highest BCUT2D eigenvalue weighted by Gasteiger charge is 2.38. The molecule has 1 aromatic heterocycles. The van der Waals surface area contributed by atoms with Gasteiger partial charge in [0.1, 0.15) is 5.82 Å². The molecule has 21 heavy (non-hydrogen) atoms. The number of aryl methyl sites for hydroxylation is 1. The van der Waals surface area contributed by atoms with Crippen LogP contribution in [0.5, 0.6) is 0 Å². The molecule has 2 N–H and O–H groups in total. The quantitative estimate of drug-likeness (QED) is 0.923. The molecule has 0 aliphatic heterocycles. The summed E-state index contributed by atoms with van der Waals surface area (Å²) in [4.78, 5) is 4.49. The van der Waals surface area contributed by atoms with Crippen LogP contribution in [0.15, 0.2) is 18.2 Å². The molecule has 0 amide bonds. The summed E-state index contributed by atoms with van der Waals surface area (Å²) < 4.78 is 40.3. The standard InChI is InChI=1S/C15H18F3N3/c1-21-12-5-4-10(15(16,17)18)8-11(12)20-13(21)14(9-19)6-2-3-7-14/h4-5,8H,2-3,6-7,9,19H2,1H3. The van der Waals surface area contributed by atoms with Crippen molar-refractivity contribution < 1.29 is 13.2 Å². The number of hydrogen-bond acceptors (Lipinski definition) is 2. The van der Waals surface area contributed by atoms with Crippen molar-refractivity contribution in [3.05, 3.63) is 29.6 Å². The Morgan fingerprint density at radius 2 is 1.95 bits per heavy atom. The monoisotopic (exact) mass is 297 g/mol. The lowest BCUT2D eigenvalue weighted by molar-refractivity contribution is -0.137. The van der Waals surface area contributed by atoms with E-state index in [2.05, 4.69) is 4.98 Å². The van der Waals surface area contributed by atoms with Gasteiger partial charge in [-0.3, -0.25) is 0 Å². The maximum absolute atomic E-state index is 12.8. The molecule has 114 valence electrons. The minimum atomic E-state index is -4.34. The number of alkyl halides is 3. The maximum Gasteiger partial charge on any atom is 0.416 e. The van der Waals surface area contributed by atoms with Gasteiger partial charge in [-0.05, 0) is 31.0 Å². The van der Waals surface area contributed by atoms with Crippen LogP contribution < -0.4 is 5.73 Å². The average Bonchev–Trinajstić information content (AvgIpc) is 3.03. The second-order valence-electron chi connectivity index (χ2n) is 5.89. The Morgan fingerprint density at radius 1 is 1.29 bits per heavy atom. The zero-order chi connectivity index (χ0) is 15.3. The summed E-state index contributed by atoms with van der Waals surface area (Å²) in [5.41, 5.74) is 6.22. The third-order valence-electron chi connectivity index (χ3n) is 4.63. The number of imidazole rings is 1. The molecule has 2 aromatic rings. The second kappa shape index (κ2) is 4.73. The van der Waals surface area contributed by atoms with Gasteiger partial charge in [0.2, 0.25) is 0 Å². The molecule has 1 aromatic carbocycles. The number of aromatic nitrogens is 2. The van der Waals surface area contributed by atoms with E-state index in [-0.39, 0.29) is 5.41 Å². The van der Waals surface area contributed by atoms with E-state index in [1.54, 1.807) is 0 Å². The number of rotatable bonds is 2. The number of fused-ring (bicyclic) bond motifs is 1. The molecule has 0 saturated heterocycles. The molecule has 0 radical (unpaired) electrons. The smallest absolute Gasteiger partial charge is 0.331 e. The van der Waals surface area contributed by atoms with E-state index in [1.807, 2.05) is 11.6 Å². The van der Waals surface area contributed by atoms with Crippen molar-refractivity contribution in [2.24, 2.45) is 12.8 Å². The molecule has 0 unspecified atom stereocenters. The SMILES string of the molecule is Cn1c(C2(CN)CCCC2)nc2cc(C(F)(F)F)ccc21. The minimum absolute atomic E-state index is 0.188. The zero-order valence-corrected chi connectivity index (χ0v) is 11.9. The first-order valence-electron chi connectivity index (χ1n) is 7.12. The first-order valence-corrected chi connectivity index (χ1v) is 7.12. The molecule has 3 nitrogen and oxygen atoms in total. The molecular weight excluding hydrogens is 279 g/mol. The number of hydrogen-bond donors (Lipinski definition) is 1. The topological polar surface area (TPSA) is 43.8 Å². The fourth-order valence-electron chi connectivity index (χ4n) is 3.42. The number of halogens is 3. The molecule has 1 heterocycles. The number of nitrogens with zero attached hydrogens (tertiary/aromatic N) is 2. The van der Waals surface area contributed by atoms with E-state index >= 15 is 0 Å². The third kappa shape index (κ3) is 2.21. The molecule has 3 rings (SSSR count). The van der Waals surface area contributed by atoms with Crippen molar-refractivity contribution >= 4 is 11.0 Å². The molecular formula is C15H18F3N3. The van der Waals surface area contributed by atoms with Crippen LogP contribution in [0.3, 0.4) is 0 Å². The Morgan fingerprint density at radius 3 is 2.52 bits per heavy atom. The van der Waals surface area contributed by atoms with Crippen LogP contribution in [-0.2, 0) is 18.6 Å². The Bertz CT molecular complexity index is 667. The number of benzene rings is 1. The van der Waals surface area contributed by atoms with E-state index < -0.39 is 11.7 Å². The van der Waals surface area contributed by atoms with Crippen molar-refractivity contribution in [2.45, 2.75) is 37.3 Å². The summed E-state index contributed by atoms with van der Waals surface area (Å²) in [6.45, 7) is 0.482. The highest BCUT2D eigenvalue weighted by Crippen LogP contribution is 2.41. The largest absolute Gasteiger partial charge is 0.416 e. The van der Waals surface area contributed by atoms with Crippen LogP contribution in [0.1, 0.15) is 37.1 Å². The lowest BCUT2D eigenvalue weighted by atomic mass is 9.85. The summed E-state index contributed by atoms with van der Waals surface area (Å²) in [6, 6.07) is 3.73. The van der Waals surface area contributed by atoms with Gasteiger partial charge in [0.25, 0.3) is 0 Å². The molecule has 1 saturated carbocycles. The lowest BCUT2D eigenvalue weighted by Crippen LogP contribution is -2.34. The van der Waals surface area contributed by atoms with E-state index in [0.29, 0.717) is 12.1 Å². The van der Waals surface area contributed by atoms with Crippen molar-refractivity contribution in [2.75, 3.05) is 6.54 Å². The Labute approximate surface area is 121 Å². The van der Waals surface area contributed by atoms with Crippen LogP contribution in [0.2, 0.25) is 0 Å². The van der Waals surface area contributed by atoms with Gasteiger partial charge >= 0.3 is 6.18 Å². The van der Waals surface area contributed by atoms with Gasteiger partial charge < -0.3 is 10.3 Å². The predicted octanol–water partition coefficient (Wildman–Crippen LogP) is 3.36. The third-order valence-corrected chi connectivity index (χ3v) is 4.63. The van der Waals surface area contributed by atoms with Gasteiger partial charge in [-0.15, -0.1) is 0 Å². The summed E-state index contributed by atoms with van der Waals surface area (Å²) in [5.74, 6) is 0.817. The van der Waals surface area contributed by atoms with E-state index in [4.69, 9.17) is 5.73 Å². The van der Waals surface area contributed by atoms with E-state index in [1.165, 1.54) is 6.07 Å². The van der Waals surface area contributed by atoms with Crippen molar-refractivity contribution in [3.8, 4) is 0 Å². The zero-order valence-electron chi connectivity index (χ0n) is 11.9. The molecule has 1 aliphatic rings. The molecule has 0 bridgehead atoms. The molecule has 1 fully saturated rings. The maximum atomic E-state index is 12.8. The van der Waals surface area contributed by atoms with E-state index in [0.717, 1.165) is 49.2 Å². The van der Waals surface area contributed by atoms with Gasteiger partial charge in [0.05, 0.1) is 16.6 Å². The van der Waals surface area contributed by atoms with Gasteiger partial charge in [0, 0.05) is 19.0 Å². The van der Waals surface area contributed by atoms with Gasteiger partial charge in [0.15, 0.2) is 0 Å². The summed E-state index contributed by atoms with van der Waals surface area (Å²) in [6.07, 6.45) is -0.257. The Balaban J connectivity index is 2.15. The lowest BCUT2D eigenvalue weighted by Gasteiger charge is -2.26. The van der Waals surface area contributed by atoms with Crippen LogP contribution in [0.25, 0.3) is 11.0 Å². The average molecular weight is 297 g/mol. The number of nitrogens with two attached hydrogens (primary N) is 1. The first kappa shape index (κ1) is 14.4. The normalized spacial score (nSPS) is 18.5. The van der Waals surface area contributed by atoms with Crippen LogP contribution in [0.4, 0.5) is 13.2 Å². The fraction of sp³-hybridized carbons (Fsp3) is 0.533. The van der Waals surface area contributed by atoms with Gasteiger partial charge in [-0.2, -0.15) is 13.2 Å². The predicted molar refractivity (Wildman–Crippen MR) is 74.9 cm³/mol. The minimum Gasteiger partial charge on any atom is -0.331 e.